The highest BCUT2D eigenvalue weighted by atomic mass is 16.5. The molecule has 1 saturated heterocycles. The van der Waals surface area contributed by atoms with Gasteiger partial charge in [0.25, 0.3) is 0 Å². The van der Waals surface area contributed by atoms with Crippen LogP contribution in [0, 0.1) is 6.92 Å². The highest BCUT2D eigenvalue weighted by Crippen LogP contribution is 2.42. The van der Waals surface area contributed by atoms with Gasteiger partial charge in [-0.2, -0.15) is 0 Å². The molecule has 4 nitrogen and oxygen atoms in total. The number of carbonyl (C=O) groups excluding carboxylic acids is 1. The van der Waals surface area contributed by atoms with E-state index in [2.05, 4.69) is 19.1 Å². The SMILES string of the molecule is Cc1ccc(N(C(=O)CN)C2CCOC3(CCCC3)C2)cc1. The van der Waals surface area contributed by atoms with Gasteiger partial charge in [0.05, 0.1) is 12.1 Å². The molecule has 1 amide bonds. The van der Waals surface area contributed by atoms with Gasteiger partial charge < -0.3 is 15.4 Å². The van der Waals surface area contributed by atoms with Crippen molar-refractivity contribution in [1.29, 1.82) is 0 Å². The molecule has 4 heteroatoms. The van der Waals surface area contributed by atoms with Gasteiger partial charge in [-0.05, 0) is 44.7 Å². The number of rotatable bonds is 3. The Kier molecular flexibility index (Phi) is 4.50. The van der Waals surface area contributed by atoms with E-state index >= 15 is 0 Å². The lowest BCUT2D eigenvalue weighted by Gasteiger charge is -2.43. The minimum absolute atomic E-state index is 0.000736. The minimum atomic E-state index is 0.000736. The second-order valence-electron chi connectivity index (χ2n) is 6.69. The number of aryl methyl sites for hydroxylation is 1. The Morgan fingerprint density at radius 3 is 2.64 bits per heavy atom. The molecule has 1 saturated carbocycles. The van der Waals surface area contributed by atoms with Crippen LogP contribution in [0.3, 0.4) is 0 Å². The van der Waals surface area contributed by atoms with Crippen LogP contribution in [-0.2, 0) is 9.53 Å². The molecule has 1 aromatic carbocycles. The number of amides is 1. The fraction of sp³-hybridized carbons (Fsp3) is 0.611. The second-order valence-corrected chi connectivity index (χ2v) is 6.69. The molecule has 1 aliphatic heterocycles. The predicted octanol–water partition coefficient (Wildman–Crippen LogP) is 2.78. The third kappa shape index (κ3) is 3.03. The van der Waals surface area contributed by atoms with Gasteiger partial charge in [0.1, 0.15) is 0 Å². The monoisotopic (exact) mass is 302 g/mol. The van der Waals surface area contributed by atoms with Crippen molar-refractivity contribution in [2.24, 2.45) is 5.73 Å². The van der Waals surface area contributed by atoms with E-state index in [0.717, 1.165) is 38.0 Å². The number of nitrogens with zero attached hydrogens (tertiary/aromatic N) is 1. The van der Waals surface area contributed by atoms with Gasteiger partial charge in [0, 0.05) is 18.3 Å². The van der Waals surface area contributed by atoms with Gasteiger partial charge in [0.2, 0.25) is 5.91 Å². The summed E-state index contributed by atoms with van der Waals surface area (Å²) in [5.41, 5.74) is 7.83. The molecule has 0 bridgehead atoms. The van der Waals surface area contributed by atoms with Crippen LogP contribution in [0.25, 0.3) is 0 Å². The first-order valence-electron chi connectivity index (χ1n) is 8.36. The van der Waals surface area contributed by atoms with Crippen LogP contribution < -0.4 is 10.6 Å². The van der Waals surface area contributed by atoms with E-state index in [4.69, 9.17) is 10.5 Å². The Morgan fingerprint density at radius 1 is 1.32 bits per heavy atom. The van der Waals surface area contributed by atoms with E-state index in [0.29, 0.717) is 0 Å². The predicted molar refractivity (Wildman–Crippen MR) is 87.9 cm³/mol. The van der Waals surface area contributed by atoms with Crippen LogP contribution in [0.15, 0.2) is 24.3 Å². The van der Waals surface area contributed by atoms with Gasteiger partial charge in [-0.15, -0.1) is 0 Å². The fourth-order valence-corrected chi connectivity index (χ4v) is 3.95. The van der Waals surface area contributed by atoms with Gasteiger partial charge in [-0.25, -0.2) is 0 Å². The largest absolute Gasteiger partial charge is 0.375 e. The lowest BCUT2D eigenvalue weighted by molar-refractivity contribution is -0.120. The number of anilines is 1. The zero-order valence-electron chi connectivity index (χ0n) is 13.4. The Balaban J connectivity index is 1.85. The molecule has 22 heavy (non-hydrogen) atoms. The topological polar surface area (TPSA) is 55.6 Å². The lowest BCUT2D eigenvalue weighted by atomic mass is 9.87. The standard InChI is InChI=1S/C18H26N2O2/c1-14-4-6-15(7-5-14)20(17(21)13-19)16-8-11-22-18(12-16)9-2-3-10-18/h4-7,16H,2-3,8-13,19H2,1H3. The van der Waals surface area contributed by atoms with Crippen LogP contribution >= 0.6 is 0 Å². The van der Waals surface area contributed by atoms with Gasteiger partial charge in [-0.1, -0.05) is 30.5 Å². The summed E-state index contributed by atoms with van der Waals surface area (Å²) in [5, 5.41) is 0. The normalized spacial score (nSPS) is 23.6. The molecule has 2 N–H and O–H groups in total. The summed E-state index contributed by atoms with van der Waals surface area (Å²) < 4.78 is 6.11. The van der Waals surface area contributed by atoms with Gasteiger partial charge in [0.15, 0.2) is 0 Å². The van der Waals surface area contributed by atoms with Crippen molar-refractivity contribution in [3.8, 4) is 0 Å². The van der Waals surface area contributed by atoms with Crippen molar-refractivity contribution in [2.45, 2.75) is 57.1 Å². The average Bonchev–Trinajstić information content (AvgIpc) is 2.97. The molecule has 0 radical (unpaired) electrons. The van der Waals surface area contributed by atoms with Crippen molar-refractivity contribution in [1.82, 2.24) is 0 Å². The van der Waals surface area contributed by atoms with Crippen molar-refractivity contribution in [3.05, 3.63) is 29.8 Å². The molecule has 1 aromatic rings. The molecule has 0 aromatic heterocycles. The molecular weight excluding hydrogens is 276 g/mol. The molecule has 1 unspecified atom stereocenters. The van der Waals surface area contributed by atoms with E-state index in [1.165, 1.54) is 18.4 Å². The maximum absolute atomic E-state index is 12.5. The first kappa shape index (κ1) is 15.5. The average molecular weight is 302 g/mol. The molecule has 1 spiro atoms. The van der Waals surface area contributed by atoms with Crippen molar-refractivity contribution < 1.29 is 9.53 Å². The Morgan fingerprint density at radius 2 is 2.00 bits per heavy atom. The summed E-state index contributed by atoms with van der Waals surface area (Å²) in [6.45, 7) is 2.85. The summed E-state index contributed by atoms with van der Waals surface area (Å²) in [7, 11) is 0. The van der Waals surface area contributed by atoms with E-state index in [-0.39, 0.29) is 24.1 Å². The summed E-state index contributed by atoms with van der Waals surface area (Å²) >= 11 is 0. The molecule has 1 atom stereocenters. The number of nitrogens with two attached hydrogens (primary N) is 1. The Bertz CT molecular complexity index is 520. The van der Waals surface area contributed by atoms with Crippen LogP contribution in [0.2, 0.25) is 0 Å². The van der Waals surface area contributed by atoms with E-state index in [1.54, 1.807) is 0 Å². The summed E-state index contributed by atoms with van der Waals surface area (Å²) in [6.07, 6.45) is 6.56. The van der Waals surface area contributed by atoms with Crippen LogP contribution in [0.4, 0.5) is 5.69 Å². The molecule has 2 fully saturated rings. The molecule has 120 valence electrons. The number of hydrogen-bond donors (Lipinski definition) is 1. The molecule has 3 rings (SSSR count). The molecule has 1 heterocycles. The fourth-order valence-electron chi connectivity index (χ4n) is 3.95. The third-order valence-corrected chi connectivity index (χ3v) is 5.10. The first-order valence-corrected chi connectivity index (χ1v) is 8.36. The maximum atomic E-state index is 12.5. The maximum Gasteiger partial charge on any atom is 0.240 e. The number of benzene rings is 1. The first-order chi connectivity index (χ1) is 10.6. The summed E-state index contributed by atoms with van der Waals surface area (Å²) in [4.78, 5) is 14.4. The number of ether oxygens (including phenoxy) is 1. The van der Waals surface area contributed by atoms with E-state index < -0.39 is 0 Å². The number of carbonyl (C=O) groups is 1. The zero-order chi connectivity index (χ0) is 15.6. The molecule has 2 aliphatic rings. The Hall–Kier alpha value is -1.39. The van der Waals surface area contributed by atoms with Crippen molar-refractivity contribution in [3.63, 3.8) is 0 Å². The van der Waals surface area contributed by atoms with Crippen LogP contribution in [0.5, 0.6) is 0 Å². The minimum Gasteiger partial charge on any atom is -0.375 e. The van der Waals surface area contributed by atoms with Crippen LogP contribution in [-0.4, -0.2) is 30.7 Å². The molecular formula is C18H26N2O2. The summed E-state index contributed by atoms with van der Waals surface area (Å²) in [6, 6.07) is 8.36. The highest BCUT2D eigenvalue weighted by Gasteiger charge is 2.42. The van der Waals surface area contributed by atoms with Gasteiger partial charge in [-0.3, -0.25) is 4.79 Å². The van der Waals surface area contributed by atoms with E-state index in [9.17, 15) is 4.79 Å². The third-order valence-electron chi connectivity index (χ3n) is 5.10. The molecule has 1 aliphatic carbocycles. The smallest absolute Gasteiger partial charge is 0.240 e. The lowest BCUT2D eigenvalue weighted by Crippen LogP contribution is -2.51. The summed E-state index contributed by atoms with van der Waals surface area (Å²) in [5.74, 6) is 0.00361. The van der Waals surface area contributed by atoms with Crippen LogP contribution in [0.1, 0.15) is 44.1 Å². The van der Waals surface area contributed by atoms with E-state index in [1.807, 2.05) is 17.0 Å². The van der Waals surface area contributed by atoms with Gasteiger partial charge >= 0.3 is 0 Å². The number of hydrogen-bond acceptors (Lipinski definition) is 3. The van der Waals surface area contributed by atoms with Crippen molar-refractivity contribution >= 4 is 11.6 Å². The Labute approximate surface area is 132 Å². The second kappa shape index (κ2) is 6.39. The van der Waals surface area contributed by atoms with Crippen molar-refractivity contribution in [2.75, 3.05) is 18.1 Å². The highest BCUT2D eigenvalue weighted by molar-refractivity contribution is 5.95. The quantitative estimate of drug-likeness (QED) is 0.934. The zero-order valence-corrected chi connectivity index (χ0v) is 13.4.